The summed E-state index contributed by atoms with van der Waals surface area (Å²) in [5.74, 6) is -2.95. The lowest BCUT2D eigenvalue weighted by Crippen LogP contribution is -2.25. The first-order valence-electron chi connectivity index (χ1n) is 4.67. The highest BCUT2D eigenvalue weighted by molar-refractivity contribution is 5.94. The molecule has 4 heteroatoms. The molecule has 0 spiro atoms. The number of benzene rings is 1. The Bertz CT molecular complexity index is 377. The summed E-state index contributed by atoms with van der Waals surface area (Å²) in [6, 6.07) is 4.35. The van der Waals surface area contributed by atoms with Crippen molar-refractivity contribution < 1.29 is 20.1 Å². The van der Waals surface area contributed by atoms with E-state index in [9.17, 15) is 4.79 Å². The Morgan fingerprint density at radius 3 is 2.33 bits per heavy atom. The first kappa shape index (κ1) is 11.8. The molecule has 0 heterocycles. The molecule has 82 valence electrons. The van der Waals surface area contributed by atoms with Gasteiger partial charge in [-0.3, -0.25) is 4.79 Å². The minimum absolute atomic E-state index is 0.00926. The normalized spacial score (nSPS) is 11.5. The Labute approximate surface area is 87.8 Å². The molecule has 4 nitrogen and oxygen atoms in total. The van der Waals surface area contributed by atoms with Crippen LogP contribution in [0.1, 0.15) is 35.3 Å². The zero-order valence-corrected chi connectivity index (χ0v) is 8.69. The summed E-state index contributed by atoms with van der Waals surface area (Å²) in [6.07, 6.45) is 0.500. The van der Waals surface area contributed by atoms with Crippen LogP contribution >= 0.6 is 0 Å². The minimum Gasteiger partial charge on any atom is -0.340 e. The van der Waals surface area contributed by atoms with Crippen molar-refractivity contribution in [2.45, 2.75) is 26.2 Å². The van der Waals surface area contributed by atoms with Crippen molar-refractivity contribution in [3.63, 3.8) is 0 Å². The number of aliphatic hydroxyl groups is 3. The fraction of sp³-hybridized carbons (Fsp3) is 0.364. The highest BCUT2D eigenvalue weighted by Gasteiger charge is 2.24. The number of aryl methyl sites for hydroxylation is 1. The predicted octanol–water partition coefficient (Wildman–Crippen LogP) is 0.539. The SMILES string of the molecule is CCc1cc(C(C)=O)ccc1C(O)(O)O. The van der Waals surface area contributed by atoms with Crippen molar-refractivity contribution in [3.05, 3.63) is 34.9 Å². The predicted molar refractivity (Wildman–Crippen MR) is 54.2 cm³/mol. The molecule has 0 aromatic heterocycles. The van der Waals surface area contributed by atoms with Gasteiger partial charge in [-0.05, 0) is 31.0 Å². The van der Waals surface area contributed by atoms with Gasteiger partial charge in [0.1, 0.15) is 0 Å². The van der Waals surface area contributed by atoms with E-state index in [1.54, 1.807) is 13.0 Å². The molecular weight excluding hydrogens is 196 g/mol. The van der Waals surface area contributed by atoms with Gasteiger partial charge < -0.3 is 15.3 Å². The molecule has 0 unspecified atom stereocenters. The molecule has 0 saturated heterocycles. The van der Waals surface area contributed by atoms with Crippen LogP contribution in [0.15, 0.2) is 18.2 Å². The third-order valence-electron chi connectivity index (χ3n) is 2.25. The quantitative estimate of drug-likeness (QED) is 0.502. The Kier molecular flexibility index (Phi) is 3.24. The van der Waals surface area contributed by atoms with Crippen LogP contribution in [0.25, 0.3) is 0 Å². The number of hydrogen-bond donors (Lipinski definition) is 3. The average molecular weight is 210 g/mol. The third-order valence-corrected chi connectivity index (χ3v) is 2.25. The van der Waals surface area contributed by atoms with Gasteiger partial charge >= 0.3 is 5.97 Å². The van der Waals surface area contributed by atoms with Crippen molar-refractivity contribution in [1.82, 2.24) is 0 Å². The van der Waals surface area contributed by atoms with E-state index in [4.69, 9.17) is 15.3 Å². The molecule has 0 amide bonds. The molecule has 0 radical (unpaired) electrons. The second-order valence-electron chi connectivity index (χ2n) is 3.42. The molecule has 0 fully saturated rings. The van der Waals surface area contributed by atoms with Crippen molar-refractivity contribution in [3.8, 4) is 0 Å². The number of carbonyl (C=O) groups excluding carboxylic acids is 1. The molecule has 0 atom stereocenters. The lowest BCUT2D eigenvalue weighted by molar-refractivity contribution is -0.324. The monoisotopic (exact) mass is 210 g/mol. The van der Waals surface area contributed by atoms with Crippen LogP contribution in [-0.2, 0) is 12.4 Å². The summed E-state index contributed by atoms with van der Waals surface area (Å²) in [4.78, 5) is 11.1. The molecule has 3 N–H and O–H groups in total. The lowest BCUT2D eigenvalue weighted by atomic mass is 9.99. The fourth-order valence-electron chi connectivity index (χ4n) is 1.43. The molecule has 0 aliphatic carbocycles. The van der Waals surface area contributed by atoms with E-state index in [1.807, 2.05) is 0 Å². The van der Waals surface area contributed by atoms with Gasteiger partial charge in [0.25, 0.3) is 0 Å². The van der Waals surface area contributed by atoms with Gasteiger partial charge in [-0.2, -0.15) is 0 Å². The first-order valence-corrected chi connectivity index (χ1v) is 4.67. The van der Waals surface area contributed by atoms with Crippen molar-refractivity contribution >= 4 is 5.78 Å². The van der Waals surface area contributed by atoms with Gasteiger partial charge in [0.05, 0.1) is 0 Å². The molecule has 0 aliphatic rings. The Balaban J connectivity index is 3.27. The summed E-state index contributed by atoms with van der Waals surface area (Å²) < 4.78 is 0. The van der Waals surface area contributed by atoms with Crippen LogP contribution in [0.4, 0.5) is 0 Å². The van der Waals surface area contributed by atoms with Gasteiger partial charge in [0.15, 0.2) is 5.78 Å². The minimum atomic E-state index is -2.85. The van der Waals surface area contributed by atoms with E-state index < -0.39 is 5.97 Å². The molecule has 0 bridgehead atoms. The molecule has 1 aromatic carbocycles. The molecular formula is C11H14O4. The van der Waals surface area contributed by atoms with E-state index in [1.165, 1.54) is 19.1 Å². The molecule has 1 aromatic rings. The van der Waals surface area contributed by atoms with E-state index in [2.05, 4.69) is 0 Å². The zero-order valence-electron chi connectivity index (χ0n) is 8.69. The van der Waals surface area contributed by atoms with Crippen molar-refractivity contribution in [2.24, 2.45) is 0 Å². The fourth-order valence-corrected chi connectivity index (χ4v) is 1.43. The van der Waals surface area contributed by atoms with Crippen molar-refractivity contribution in [1.29, 1.82) is 0 Å². The van der Waals surface area contributed by atoms with Crippen LogP contribution in [-0.4, -0.2) is 21.1 Å². The third kappa shape index (κ3) is 2.62. The summed E-state index contributed by atoms with van der Waals surface area (Å²) >= 11 is 0. The van der Waals surface area contributed by atoms with Gasteiger partial charge in [-0.1, -0.05) is 13.0 Å². The molecule has 0 saturated carbocycles. The maximum Gasteiger partial charge on any atom is 0.304 e. The maximum absolute atomic E-state index is 11.1. The summed E-state index contributed by atoms with van der Waals surface area (Å²) in [5, 5.41) is 27.2. The summed E-state index contributed by atoms with van der Waals surface area (Å²) in [6.45, 7) is 3.23. The van der Waals surface area contributed by atoms with Gasteiger partial charge in [-0.15, -0.1) is 0 Å². The van der Waals surface area contributed by atoms with Crippen LogP contribution in [0, 0.1) is 0 Å². The number of rotatable bonds is 3. The van der Waals surface area contributed by atoms with Gasteiger partial charge in [0, 0.05) is 11.1 Å². The zero-order chi connectivity index (χ0) is 11.6. The number of Topliss-reactive ketones (excluding diaryl/α,β-unsaturated/α-hetero) is 1. The van der Waals surface area contributed by atoms with Crippen LogP contribution in [0.2, 0.25) is 0 Å². The number of ketones is 1. The highest BCUT2D eigenvalue weighted by atomic mass is 16.7. The smallest absolute Gasteiger partial charge is 0.304 e. The largest absolute Gasteiger partial charge is 0.340 e. The summed E-state index contributed by atoms with van der Waals surface area (Å²) in [5.41, 5.74) is 1.03. The Hall–Kier alpha value is -1.23. The molecule has 15 heavy (non-hydrogen) atoms. The van der Waals surface area contributed by atoms with E-state index >= 15 is 0 Å². The van der Waals surface area contributed by atoms with E-state index in [-0.39, 0.29) is 11.3 Å². The number of hydrogen-bond acceptors (Lipinski definition) is 4. The standard InChI is InChI=1S/C11H14O4/c1-3-8-6-9(7(2)12)4-5-10(8)11(13,14)15/h4-6,13-15H,3H2,1-2H3. The highest BCUT2D eigenvalue weighted by Crippen LogP contribution is 2.21. The molecule has 0 aliphatic heterocycles. The number of carbonyl (C=O) groups is 1. The van der Waals surface area contributed by atoms with Crippen LogP contribution in [0.3, 0.4) is 0 Å². The van der Waals surface area contributed by atoms with Gasteiger partial charge in [-0.25, -0.2) is 0 Å². The Morgan fingerprint density at radius 1 is 1.33 bits per heavy atom. The molecule has 1 rings (SSSR count). The van der Waals surface area contributed by atoms with Crippen LogP contribution < -0.4 is 0 Å². The Morgan fingerprint density at radius 2 is 1.93 bits per heavy atom. The maximum atomic E-state index is 11.1. The first-order chi connectivity index (χ1) is 6.86. The lowest BCUT2D eigenvalue weighted by Gasteiger charge is -2.18. The second kappa shape index (κ2) is 4.10. The van der Waals surface area contributed by atoms with Crippen molar-refractivity contribution in [2.75, 3.05) is 0 Å². The summed E-state index contributed by atoms with van der Waals surface area (Å²) in [7, 11) is 0. The second-order valence-corrected chi connectivity index (χ2v) is 3.42. The van der Waals surface area contributed by atoms with E-state index in [0.717, 1.165) is 0 Å². The van der Waals surface area contributed by atoms with Gasteiger partial charge in [0.2, 0.25) is 0 Å². The van der Waals surface area contributed by atoms with E-state index in [0.29, 0.717) is 17.5 Å². The topological polar surface area (TPSA) is 77.8 Å². The average Bonchev–Trinajstić information content (AvgIpc) is 2.15. The van der Waals surface area contributed by atoms with Crippen LogP contribution in [0.5, 0.6) is 0 Å².